The minimum atomic E-state index is -4.95. The minimum absolute atomic E-state index is 0.128. The van der Waals surface area contributed by atoms with Crippen LogP contribution in [0.25, 0.3) is 0 Å². The van der Waals surface area contributed by atoms with Gasteiger partial charge >= 0.3 is 12.3 Å². The summed E-state index contributed by atoms with van der Waals surface area (Å²) < 4.78 is 84.2. The van der Waals surface area contributed by atoms with Crippen LogP contribution in [0.3, 0.4) is 0 Å². The summed E-state index contributed by atoms with van der Waals surface area (Å²) in [6.45, 7) is 3.17. The van der Waals surface area contributed by atoms with Gasteiger partial charge in [-0.25, -0.2) is 4.79 Å². The lowest BCUT2D eigenvalue weighted by Gasteiger charge is -2.40. The van der Waals surface area contributed by atoms with E-state index in [2.05, 4.69) is 4.74 Å². The Balaban J connectivity index is 1.85. The number of hydrogen-bond acceptors (Lipinski definition) is 6. The van der Waals surface area contributed by atoms with Gasteiger partial charge in [0.1, 0.15) is 18.0 Å². The van der Waals surface area contributed by atoms with Crippen LogP contribution in [0, 0.1) is 17.8 Å². The number of esters is 1. The van der Waals surface area contributed by atoms with E-state index < -0.39 is 46.2 Å². The highest BCUT2D eigenvalue weighted by atomic mass is 32.2. The van der Waals surface area contributed by atoms with Gasteiger partial charge in [0, 0.05) is 5.92 Å². The van der Waals surface area contributed by atoms with E-state index in [-0.39, 0.29) is 17.2 Å². The van der Waals surface area contributed by atoms with Crippen LogP contribution in [0.1, 0.15) is 56.3 Å². The first kappa shape index (κ1) is 24.6. The summed E-state index contributed by atoms with van der Waals surface area (Å²) in [6.07, 6.45) is -0.133. The Morgan fingerprint density at radius 3 is 2.41 bits per heavy atom. The summed E-state index contributed by atoms with van der Waals surface area (Å²) in [6, 6.07) is 3.15. The van der Waals surface area contributed by atoms with Crippen molar-refractivity contribution in [3.63, 3.8) is 0 Å². The number of halogens is 3. The Bertz CT molecular complexity index is 947. The molecule has 1 N–H and O–H groups in total. The van der Waals surface area contributed by atoms with Gasteiger partial charge in [-0.3, -0.25) is 4.55 Å². The molecule has 1 aromatic carbocycles. The van der Waals surface area contributed by atoms with Crippen molar-refractivity contribution in [1.29, 1.82) is 0 Å². The number of carbonyl (C=O) groups excluding carboxylic acids is 1. The van der Waals surface area contributed by atoms with Gasteiger partial charge < -0.3 is 14.2 Å². The normalized spacial score (nSPS) is 24.8. The van der Waals surface area contributed by atoms with Crippen molar-refractivity contribution >= 4 is 16.1 Å². The van der Waals surface area contributed by atoms with Gasteiger partial charge in [-0.2, -0.15) is 8.42 Å². The highest BCUT2D eigenvalue weighted by Gasteiger charge is 2.49. The fraction of sp³-hybridized carbons (Fsp3) is 0.667. The lowest BCUT2D eigenvalue weighted by atomic mass is 9.75. The first-order valence-electron chi connectivity index (χ1n) is 10.5. The molecule has 1 aromatic rings. The van der Waals surface area contributed by atoms with Gasteiger partial charge in [0.2, 0.25) is 0 Å². The number of fused-ring (bicyclic) bond motifs is 2. The van der Waals surface area contributed by atoms with E-state index in [4.69, 9.17) is 14.0 Å². The zero-order chi connectivity index (χ0) is 23.7. The Hall–Kier alpha value is -2.01. The molecule has 0 radical (unpaired) electrons. The topological polar surface area (TPSA) is 99.1 Å². The van der Waals surface area contributed by atoms with E-state index in [0.29, 0.717) is 18.3 Å². The van der Waals surface area contributed by atoms with Crippen molar-refractivity contribution in [2.24, 2.45) is 17.8 Å². The summed E-state index contributed by atoms with van der Waals surface area (Å²) in [5.41, 5.74) is -0.881. The van der Waals surface area contributed by atoms with Crippen LogP contribution in [-0.4, -0.2) is 43.3 Å². The van der Waals surface area contributed by atoms with Crippen molar-refractivity contribution in [3.8, 4) is 11.5 Å². The number of hydrogen-bond donors (Lipinski definition) is 1. The van der Waals surface area contributed by atoms with E-state index in [9.17, 15) is 26.4 Å². The minimum Gasteiger partial charge on any atom is -0.483 e. The number of alkyl halides is 3. The molecule has 0 heterocycles. The fourth-order valence-electron chi connectivity index (χ4n) is 4.90. The first-order valence-corrected chi connectivity index (χ1v) is 12.1. The molecular weight excluding hydrogens is 453 g/mol. The SMILES string of the molecule is CCC(C)(Oc1cc(C(=O)OCCS(=O)(=O)O)ccc1OC(F)(F)F)C1CC2CCC1C2. The Morgan fingerprint density at radius 2 is 1.88 bits per heavy atom. The summed E-state index contributed by atoms with van der Waals surface area (Å²) in [5.74, 6) is -1.34. The second-order valence-corrected chi connectivity index (χ2v) is 10.3. The van der Waals surface area contributed by atoms with Crippen molar-refractivity contribution in [2.45, 2.75) is 57.9 Å². The van der Waals surface area contributed by atoms with Crippen LogP contribution >= 0.6 is 0 Å². The maximum Gasteiger partial charge on any atom is 0.573 e. The largest absolute Gasteiger partial charge is 0.573 e. The monoisotopic (exact) mass is 480 g/mol. The maximum atomic E-state index is 12.9. The predicted molar refractivity (Wildman–Crippen MR) is 108 cm³/mol. The molecule has 4 unspecified atom stereocenters. The number of ether oxygens (including phenoxy) is 3. The zero-order valence-electron chi connectivity index (χ0n) is 17.9. The number of carbonyl (C=O) groups is 1. The second-order valence-electron chi connectivity index (χ2n) is 8.68. The van der Waals surface area contributed by atoms with Crippen molar-refractivity contribution in [3.05, 3.63) is 23.8 Å². The lowest BCUT2D eigenvalue weighted by molar-refractivity contribution is -0.275. The standard InChI is InChI=1S/C21H27F3O7S/c1-3-20(2,16-11-13-4-5-14(16)10-13)30-18-12-15(6-7-17(18)31-21(22,23)24)19(25)29-8-9-32(26,27)28/h6-7,12-14,16H,3-5,8-11H2,1-2H3,(H,26,27,28). The summed E-state index contributed by atoms with van der Waals surface area (Å²) in [7, 11) is -4.33. The predicted octanol–water partition coefficient (Wildman–Crippen LogP) is 4.61. The quantitative estimate of drug-likeness (QED) is 0.407. The summed E-state index contributed by atoms with van der Waals surface area (Å²) in [4.78, 5) is 12.3. The molecule has 0 amide bonds. The maximum absolute atomic E-state index is 12.9. The Kier molecular flexibility index (Phi) is 6.99. The fourth-order valence-corrected chi connectivity index (χ4v) is 5.19. The molecule has 0 saturated heterocycles. The van der Waals surface area contributed by atoms with Crippen LogP contribution in [0.5, 0.6) is 11.5 Å². The van der Waals surface area contributed by atoms with Gasteiger partial charge in [-0.05, 0) is 62.6 Å². The van der Waals surface area contributed by atoms with Crippen molar-refractivity contribution < 1.29 is 45.1 Å². The van der Waals surface area contributed by atoms with E-state index in [1.165, 1.54) is 0 Å². The molecule has 0 aromatic heterocycles. The Labute approximate surface area is 185 Å². The number of rotatable bonds is 9. The van der Waals surface area contributed by atoms with E-state index >= 15 is 0 Å². The third-order valence-electron chi connectivity index (χ3n) is 6.55. The molecule has 0 aliphatic heterocycles. The molecule has 0 spiro atoms. The summed E-state index contributed by atoms with van der Waals surface area (Å²) in [5, 5.41) is 0. The van der Waals surface area contributed by atoms with E-state index in [1.807, 2.05) is 13.8 Å². The molecule has 3 rings (SSSR count). The molecule has 32 heavy (non-hydrogen) atoms. The molecule has 2 aliphatic rings. The third-order valence-corrected chi connectivity index (χ3v) is 7.23. The molecule has 2 bridgehead atoms. The molecule has 180 valence electrons. The van der Waals surface area contributed by atoms with E-state index in [1.54, 1.807) is 0 Å². The zero-order valence-corrected chi connectivity index (χ0v) is 18.7. The number of benzene rings is 1. The van der Waals surface area contributed by atoms with Crippen LogP contribution < -0.4 is 9.47 Å². The molecular formula is C21H27F3O7S. The van der Waals surface area contributed by atoms with Crippen molar-refractivity contribution in [1.82, 2.24) is 0 Å². The molecule has 7 nitrogen and oxygen atoms in total. The van der Waals surface area contributed by atoms with Gasteiger partial charge in [0.05, 0.1) is 5.56 Å². The first-order chi connectivity index (χ1) is 14.8. The van der Waals surface area contributed by atoms with Crippen LogP contribution in [0.2, 0.25) is 0 Å². The smallest absolute Gasteiger partial charge is 0.483 e. The van der Waals surface area contributed by atoms with Crippen LogP contribution in [0.15, 0.2) is 18.2 Å². The highest BCUT2D eigenvalue weighted by Crippen LogP contribution is 2.54. The molecule has 2 saturated carbocycles. The van der Waals surface area contributed by atoms with Gasteiger partial charge in [0.25, 0.3) is 10.1 Å². The van der Waals surface area contributed by atoms with Crippen LogP contribution in [0.4, 0.5) is 13.2 Å². The highest BCUT2D eigenvalue weighted by molar-refractivity contribution is 7.85. The third kappa shape index (κ3) is 6.06. The lowest BCUT2D eigenvalue weighted by Crippen LogP contribution is -2.43. The average molecular weight is 481 g/mol. The van der Waals surface area contributed by atoms with Gasteiger partial charge in [-0.1, -0.05) is 13.3 Å². The molecule has 2 aliphatic carbocycles. The second kappa shape index (κ2) is 9.09. The van der Waals surface area contributed by atoms with Crippen molar-refractivity contribution in [2.75, 3.05) is 12.4 Å². The van der Waals surface area contributed by atoms with Gasteiger partial charge in [0.15, 0.2) is 11.5 Å². The molecule has 11 heteroatoms. The average Bonchev–Trinajstić information content (AvgIpc) is 3.31. The Morgan fingerprint density at radius 1 is 1.16 bits per heavy atom. The molecule has 4 atom stereocenters. The molecule has 2 fully saturated rings. The van der Waals surface area contributed by atoms with Crippen LogP contribution in [-0.2, 0) is 14.9 Å². The van der Waals surface area contributed by atoms with Gasteiger partial charge in [-0.15, -0.1) is 13.2 Å². The summed E-state index contributed by atoms with van der Waals surface area (Å²) >= 11 is 0. The van der Waals surface area contributed by atoms with E-state index in [0.717, 1.165) is 43.9 Å².